The Labute approximate surface area is 198 Å². The Morgan fingerprint density at radius 1 is 0.676 bits per heavy atom. The van der Waals surface area contributed by atoms with Crippen molar-refractivity contribution >= 4 is 21.8 Å². The van der Waals surface area contributed by atoms with Crippen LogP contribution >= 0.6 is 0 Å². The van der Waals surface area contributed by atoms with Crippen molar-refractivity contribution in [3.63, 3.8) is 0 Å². The second-order valence-corrected chi connectivity index (χ2v) is 9.61. The van der Waals surface area contributed by atoms with Gasteiger partial charge in [-0.2, -0.15) is 0 Å². The van der Waals surface area contributed by atoms with Crippen LogP contribution in [0.25, 0.3) is 44.2 Å². The highest BCUT2D eigenvalue weighted by Crippen LogP contribution is 2.31. The Morgan fingerprint density at radius 3 is 2.12 bits per heavy atom. The van der Waals surface area contributed by atoms with Crippen LogP contribution in [0.5, 0.6) is 0 Å². The van der Waals surface area contributed by atoms with Gasteiger partial charge < -0.3 is 20.6 Å². The van der Waals surface area contributed by atoms with E-state index in [2.05, 4.69) is 80.2 Å². The normalized spacial score (nSPS) is 20.6. The molecule has 2 atom stereocenters. The number of aromatic nitrogens is 4. The van der Waals surface area contributed by atoms with Gasteiger partial charge in [-0.25, -0.2) is 9.97 Å². The maximum atomic E-state index is 4.89. The fourth-order valence-electron chi connectivity index (χ4n) is 5.46. The molecule has 0 saturated carbocycles. The Bertz CT molecular complexity index is 1480. The summed E-state index contributed by atoms with van der Waals surface area (Å²) in [5.74, 6) is 2.10. The zero-order chi connectivity index (χ0) is 22.5. The standard InChI is InChI=1S/C28H28N6/c1-3-23(29-11-1)27-31-16-26(34-27)21-8-7-17-13-18(5-6-19(17)14-21)20-9-10-22-25(15-20)33-28(32-22)24-4-2-12-30-24/h5-10,13-16,23-24,29-30H,1-4,11-12H2,(H,31,34)(H,32,33)/t23-,24-/m0/s1. The number of nitrogens with zero attached hydrogens (tertiary/aromatic N) is 2. The van der Waals surface area contributed by atoms with E-state index < -0.39 is 0 Å². The second-order valence-electron chi connectivity index (χ2n) is 9.61. The van der Waals surface area contributed by atoms with Crippen LogP contribution in [-0.4, -0.2) is 33.0 Å². The van der Waals surface area contributed by atoms with Gasteiger partial charge in [0.2, 0.25) is 0 Å². The summed E-state index contributed by atoms with van der Waals surface area (Å²) in [6.07, 6.45) is 6.68. The highest BCUT2D eigenvalue weighted by Gasteiger charge is 2.20. The molecule has 0 aliphatic carbocycles. The van der Waals surface area contributed by atoms with E-state index >= 15 is 0 Å². The van der Waals surface area contributed by atoms with Crippen molar-refractivity contribution in [1.29, 1.82) is 0 Å². The molecule has 0 unspecified atom stereocenters. The number of hydrogen-bond donors (Lipinski definition) is 4. The van der Waals surface area contributed by atoms with Gasteiger partial charge in [-0.05, 0) is 84.9 Å². The van der Waals surface area contributed by atoms with Gasteiger partial charge in [0.1, 0.15) is 11.6 Å². The lowest BCUT2D eigenvalue weighted by Crippen LogP contribution is -2.14. The smallest absolute Gasteiger partial charge is 0.124 e. The van der Waals surface area contributed by atoms with Gasteiger partial charge in [0.15, 0.2) is 0 Å². The molecule has 4 heterocycles. The number of nitrogens with one attached hydrogen (secondary N) is 4. The Hall–Kier alpha value is -3.48. The Balaban J connectivity index is 1.18. The SMILES string of the molecule is c1cc2cc(-c3cnc([C@@H]4CCCN4)[nH]3)ccc2cc1-c1ccc2[nH]c([C@@H]3CCCN3)nc2c1. The summed E-state index contributed by atoms with van der Waals surface area (Å²) in [5, 5.41) is 9.50. The first kappa shape index (κ1) is 19.9. The number of imidazole rings is 2. The Kier molecular flexibility index (Phi) is 4.74. The highest BCUT2D eigenvalue weighted by atomic mass is 15.0. The van der Waals surface area contributed by atoms with Crippen LogP contribution in [-0.2, 0) is 0 Å². The molecule has 0 amide bonds. The largest absolute Gasteiger partial charge is 0.341 e. The van der Waals surface area contributed by atoms with Crippen molar-refractivity contribution in [2.45, 2.75) is 37.8 Å². The van der Waals surface area contributed by atoms with Gasteiger partial charge in [-0.3, -0.25) is 0 Å². The third-order valence-corrected chi connectivity index (χ3v) is 7.36. The zero-order valence-corrected chi connectivity index (χ0v) is 19.1. The average molecular weight is 449 g/mol. The number of aromatic amines is 2. The van der Waals surface area contributed by atoms with E-state index in [1.54, 1.807) is 0 Å². The quantitative estimate of drug-likeness (QED) is 0.288. The first-order chi connectivity index (χ1) is 16.8. The van der Waals surface area contributed by atoms with Crippen molar-refractivity contribution in [3.8, 4) is 22.4 Å². The summed E-state index contributed by atoms with van der Waals surface area (Å²) >= 11 is 0. The maximum Gasteiger partial charge on any atom is 0.124 e. The van der Waals surface area contributed by atoms with Crippen LogP contribution in [0.4, 0.5) is 0 Å². The van der Waals surface area contributed by atoms with Crippen molar-refractivity contribution < 1.29 is 0 Å². The molecule has 170 valence electrons. The van der Waals surface area contributed by atoms with Gasteiger partial charge in [0.05, 0.1) is 35.0 Å². The lowest BCUT2D eigenvalue weighted by atomic mass is 9.99. The summed E-state index contributed by atoms with van der Waals surface area (Å²) in [7, 11) is 0. The van der Waals surface area contributed by atoms with E-state index in [1.165, 1.54) is 40.3 Å². The van der Waals surface area contributed by atoms with E-state index in [0.717, 1.165) is 54.3 Å². The molecule has 6 nitrogen and oxygen atoms in total. The van der Waals surface area contributed by atoms with Crippen LogP contribution in [0.1, 0.15) is 49.4 Å². The molecule has 2 aromatic heterocycles. The molecule has 6 heteroatoms. The minimum absolute atomic E-state index is 0.353. The number of benzene rings is 3. The summed E-state index contributed by atoms with van der Waals surface area (Å²) in [6, 6.07) is 20.6. The molecule has 34 heavy (non-hydrogen) atoms. The van der Waals surface area contributed by atoms with Gasteiger partial charge in [-0.15, -0.1) is 0 Å². The number of H-pyrrole nitrogens is 2. The maximum absolute atomic E-state index is 4.89. The summed E-state index contributed by atoms with van der Waals surface area (Å²) in [5.41, 5.74) is 6.78. The van der Waals surface area contributed by atoms with Crippen molar-refractivity contribution in [3.05, 3.63) is 72.4 Å². The lowest BCUT2D eigenvalue weighted by molar-refractivity contribution is 0.613. The summed E-state index contributed by atoms with van der Waals surface area (Å²) in [4.78, 5) is 16.5. The minimum Gasteiger partial charge on any atom is -0.341 e. The van der Waals surface area contributed by atoms with Gasteiger partial charge in [0.25, 0.3) is 0 Å². The first-order valence-electron chi connectivity index (χ1n) is 12.4. The Morgan fingerprint density at radius 2 is 1.35 bits per heavy atom. The molecule has 2 aliphatic heterocycles. The van der Waals surface area contributed by atoms with Crippen molar-refractivity contribution in [1.82, 2.24) is 30.6 Å². The van der Waals surface area contributed by atoms with Crippen LogP contribution < -0.4 is 10.6 Å². The molecule has 5 aromatic rings. The van der Waals surface area contributed by atoms with Crippen molar-refractivity contribution in [2.24, 2.45) is 0 Å². The highest BCUT2D eigenvalue weighted by molar-refractivity contribution is 5.91. The molecule has 2 fully saturated rings. The molecule has 0 radical (unpaired) electrons. The molecule has 2 saturated heterocycles. The monoisotopic (exact) mass is 448 g/mol. The summed E-state index contributed by atoms with van der Waals surface area (Å²) in [6.45, 7) is 2.15. The first-order valence-corrected chi connectivity index (χ1v) is 12.4. The van der Waals surface area contributed by atoms with Crippen LogP contribution in [0.15, 0.2) is 60.8 Å². The molecule has 0 bridgehead atoms. The molecule has 3 aromatic carbocycles. The lowest BCUT2D eigenvalue weighted by Gasteiger charge is -2.07. The predicted octanol–water partition coefficient (Wildman–Crippen LogP) is 5.62. The third kappa shape index (κ3) is 3.50. The molecule has 4 N–H and O–H groups in total. The van der Waals surface area contributed by atoms with E-state index in [1.807, 2.05) is 6.20 Å². The van der Waals surface area contributed by atoms with Gasteiger partial charge in [0, 0.05) is 5.56 Å². The van der Waals surface area contributed by atoms with E-state index in [0.29, 0.717) is 12.1 Å². The van der Waals surface area contributed by atoms with E-state index in [9.17, 15) is 0 Å². The number of hydrogen-bond acceptors (Lipinski definition) is 4. The average Bonchev–Trinajstić information content (AvgIpc) is 3.69. The molecular weight excluding hydrogens is 420 g/mol. The number of rotatable bonds is 4. The molecular formula is C28H28N6. The molecule has 7 rings (SSSR count). The molecule has 0 spiro atoms. The fourth-order valence-corrected chi connectivity index (χ4v) is 5.46. The fraction of sp³-hybridized carbons (Fsp3) is 0.286. The topological polar surface area (TPSA) is 81.4 Å². The van der Waals surface area contributed by atoms with E-state index in [4.69, 9.17) is 4.98 Å². The van der Waals surface area contributed by atoms with Crippen LogP contribution in [0.3, 0.4) is 0 Å². The summed E-state index contributed by atoms with van der Waals surface area (Å²) < 4.78 is 0. The second kappa shape index (κ2) is 8.08. The number of fused-ring (bicyclic) bond motifs is 2. The molecule has 2 aliphatic rings. The van der Waals surface area contributed by atoms with Crippen LogP contribution in [0, 0.1) is 0 Å². The zero-order valence-electron chi connectivity index (χ0n) is 19.1. The van der Waals surface area contributed by atoms with Crippen LogP contribution in [0.2, 0.25) is 0 Å². The van der Waals surface area contributed by atoms with Gasteiger partial charge >= 0.3 is 0 Å². The third-order valence-electron chi connectivity index (χ3n) is 7.36. The minimum atomic E-state index is 0.353. The predicted molar refractivity (Wildman–Crippen MR) is 137 cm³/mol. The van der Waals surface area contributed by atoms with Crippen molar-refractivity contribution in [2.75, 3.05) is 13.1 Å². The van der Waals surface area contributed by atoms with E-state index in [-0.39, 0.29) is 0 Å². The van der Waals surface area contributed by atoms with Gasteiger partial charge in [-0.1, -0.05) is 30.3 Å².